The molecule has 0 saturated carbocycles. The smallest absolute Gasteiger partial charge is 0.216 e. The van der Waals surface area contributed by atoms with Gasteiger partial charge in [0, 0.05) is 18.7 Å². The van der Waals surface area contributed by atoms with Crippen molar-refractivity contribution in [1.29, 1.82) is 0 Å². The molecular formula is C15H20N2O3S. The lowest BCUT2D eigenvalue weighted by molar-refractivity contribution is 0.561. The third-order valence-corrected chi connectivity index (χ3v) is 4.30. The summed E-state index contributed by atoms with van der Waals surface area (Å²) in [6, 6.07) is 9.34. The molecular weight excluding hydrogens is 288 g/mol. The van der Waals surface area contributed by atoms with Gasteiger partial charge in [0.2, 0.25) is 10.0 Å². The molecule has 2 aromatic rings. The lowest BCUT2D eigenvalue weighted by Crippen LogP contribution is -2.24. The maximum absolute atomic E-state index is 12.1. The highest BCUT2D eigenvalue weighted by molar-refractivity contribution is 7.88. The van der Waals surface area contributed by atoms with Crippen LogP contribution in [0.2, 0.25) is 0 Å². The molecule has 5 nitrogen and oxygen atoms in total. The Bertz CT molecular complexity index is 651. The largest absolute Gasteiger partial charge is 0.472 e. The Hall–Kier alpha value is -1.63. The average Bonchev–Trinajstić information content (AvgIpc) is 2.96. The lowest BCUT2D eigenvalue weighted by Gasteiger charge is -2.08. The van der Waals surface area contributed by atoms with Crippen LogP contribution < -0.4 is 10.0 Å². The van der Waals surface area contributed by atoms with Crippen molar-refractivity contribution in [3.05, 3.63) is 59.5 Å². The number of hydrogen-bond donors (Lipinski definition) is 2. The van der Waals surface area contributed by atoms with Crippen LogP contribution in [0.5, 0.6) is 0 Å². The first kappa shape index (κ1) is 15.8. The zero-order valence-corrected chi connectivity index (χ0v) is 12.8. The molecule has 0 spiro atoms. The molecule has 0 fully saturated rings. The molecule has 0 atom stereocenters. The number of sulfonamides is 1. The van der Waals surface area contributed by atoms with E-state index in [2.05, 4.69) is 10.0 Å². The fraction of sp³-hybridized carbons (Fsp3) is 0.333. The van der Waals surface area contributed by atoms with Crippen molar-refractivity contribution in [3.63, 3.8) is 0 Å². The summed E-state index contributed by atoms with van der Waals surface area (Å²) in [6.45, 7) is 3.91. The van der Waals surface area contributed by atoms with Gasteiger partial charge in [-0.05, 0) is 23.7 Å². The first-order chi connectivity index (χ1) is 10.1. The minimum absolute atomic E-state index is 0.0230. The zero-order valence-electron chi connectivity index (χ0n) is 12.0. The first-order valence-electron chi connectivity index (χ1n) is 6.86. The van der Waals surface area contributed by atoms with E-state index < -0.39 is 10.0 Å². The van der Waals surface area contributed by atoms with E-state index in [9.17, 15) is 8.42 Å². The highest BCUT2D eigenvalue weighted by atomic mass is 32.2. The first-order valence-corrected chi connectivity index (χ1v) is 8.51. The van der Waals surface area contributed by atoms with Crippen LogP contribution in [0.4, 0.5) is 0 Å². The fourth-order valence-corrected chi connectivity index (χ4v) is 3.06. The highest BCUT2D eigenvalue weighted by Crippen LogP contribution is 2.09. The minimum atomic E-state index is -3.36. The predicted octanol–water partition coefficient (Wildman–Crippen LogP) is 2.01. The van der Waals surface area contributed by atoms with Crippen LogP contribution in [0.25, 0.3) is 0 Å². The van der Waals surface area contributed by atoms with Gasteiger partial charge in [-0.2, -0.15) is 0 Å². The van der Waals surface area contributed by atoms with Crippen molar-refractivity contribution in [3.8, 4) is 0 Å². The van der Waals surface area contributed by atoms with E-state index in [0.29, 0.717) is 0 Å². The summed E-state index contributed by atoms with van der Waals surface area (Å²) in [4.78, 5) is 0. The van der Waals surface area contributed by atoms with E-state index in [1.165, 1.54) is 12.5 Å². The van der Waals surface area contributed by atoms with Crippen LogP contribution >= 0.6 is 0 Å². The van der Waals surface area contributed by atoms with Gasteiger partial charge in [-0.15, -0.1) is 0 Å². The summed E-state index contributed by atoms with van der Waals surface area (Å²) in [5.74, 6) is -0.0230. The summed E-state index contributed by atoms with van der Waals surface area (Å²) < 4.78 is 31.6. The van der Waals surface area contributed by atoms with Crippen LogP contribution in [-0.2, 0) is 28.9 Å². The molecule has 0 aliphatic heterocycles. The Morgan fingerprint density at radius 1 is 1.10 bits per heavy atom. The molecule has 0 radical (unpaired) electrons. The predicted molar refractivity (Wildman–Crippen MR) is 82.0 cm³/mol. The van der Waals surface area contributed by atoms with Gasteiger partial charge in [-0.3, -0.25) is 0 Å². The maximum atomic E-state index is 12.1. The maximum Gasteiger partial charge on any atom is 0.216 e. The number of rotatable bonds is 8. The van der Waals surface area contributed by atoms with Crippen molar-refractivity contribution < 1.29 is 12.8 Å². The summed E-state index contributed by atoms with van der Waals surface area (Å²) >= 11 is 0. The molecule has 0 unspecified atom stereocenters. The molecule has 1 aromatic carbocycles. The van der Waals surface area contributed by atoms with E-state index in [-0.39, 0.29) is 12.3 Å². The molecule has 0 aliphatic carbocycles. The Kier molecular flexibility index (Phi) is 5.55. The van der Waals surface area contributed by atoms with E-state index in [0.717, 1.165) is 29.8 Å². The Morgan fingerprint density at radius 2 is 1.90 bits per heavy atom. The number of nitrogens with one attached hydrogen (secondary N) is 2. The Morgan fingerprint density at radius 3 is 2.62 bits per heavy atom. The third-order valence-electron chi connectivity index (χ3n) is 3.00. The minimum Gasteiger partial charge on any atom is -0.472 e. The van der Waals surface area contributed by atoms with Crippen LogP contribution in [0.1, 0.15) is 23.6 Å². The van der Waals surface area contributed by atoms with Crippen LogP contribution in [0.15, 0.2) is 47.3 Å². The van der Waals surface area contributed by atoms with Crippen molar-refractivity contribution in [1.82, 2.24) is 10.0 Å². The number of furan rings is 1. The molecule has 0 saturated heterocycles. The van der Waals surface area contributed by atoms with Gasteiger partial charge in [0.25, 0.3) is 0 Å². The van der Waals surface area contributed by atoms with Crippen LogP contribution in [0.3, 0.4) is 0 Å². The van der Waals surface area contributed by atoms with Gasteiger partial charge in [0.15, 0.2) is 0 Å². The molecule has 2 N–H and O–H groups in total. The second-order valence-corrected chi connectivity index (χ2v) is 6.62. The molecule has 0 aliphatic rings. The number of benzene rings is 1. The zero-order chi connectivity index (χ0) is 15.1. The Balaban J connectivity index is 1.95. The molecule has 0 amide bonds. The molecule has 1 aromatic heterocycles. The fourth-order valence-electron chi connectivity index (χ4n) is 1.96. The second-order valence-electron chi connectivity index (χ2n) is 4.81. The van der Waals surface area contributed by atoms with Gasteiger partial charge < -0.3 is 9.73 Å². The van der Waals surface area contributed by atoms with Crippen molar-refractivity contribution in [2.24, 2.45) is 0 Å². The van der Waals surface area contributed by atoms with Gasteiger partial charge in [0.05, 0.1) is 18.3 Å². The molecule has 2 rings (SSSR count). The molecule has 21 heavy (non-hydrogen) atoms. The topological polar surface area (TPSA) is 71.3 Å². The summed E-state index contributed by atoms with van der Waals surface area (Å²) in [5, 5.41) is 3.22. The second kappa shape index (κ2) is 7.40. The standard InChI is InChI=1S/C15H20N2O3S/c1-2-16-9-13-4-3-5-14(8-13)12-21(18,19)17-10-15-6-7-20-11-15/h3-8,11,16-17H,2,9-10,12H2,1H3. The molecule has 0 bridgehead atoms. The quantitative estimate of drug-likeness (QED) is 0.782. The van der Waals surface area contributed by atoms with Crippen molar-refractivity contribution >= 4 is 10.0 Å². The molecule has 1 heterocycles. The third kappa shape index (κ3) is 5.34. The summed E-state index contributed by atoms with van der Waals surface area (Å²) in [7, 11) is -3.36. The highest BCUT2D eigenvalue weighted by Gasteiger charge is 2.12. The normalized spacial score (nSPS) is 11.7. The van der Waals surface area contributed by atoms with Gasteiger partial charge >= 0.3 is 0 Å². The number of hydrogen-bond acceptors (Lipinski definition) is 4. The monoisotopic (exact) mass is 308 g/mol. The van der Waals surface area contributed by atoms with Gasteiger partial charge in [-0.1, -0.05) is 31.2 Å². The summed E-state index contributed by atoms with van der Waals surface area (Å²) in [6.07, 6.45) is 3.05. The van der Waals surface area contributed by atoms with E-state index in [1.807, 2.05) is 31.2 Å². The summed E-state index contributed by atoms with van der Waals surface area (Å²) in [5.41, 5.74) is 2.67. The lowest BCUT2D eigenvalue weighted by atomic mass is 10.1. The Labute approximate surface area is 125 Å². The molecule has 6 heteroatoms. The van der Waals surface area contributed by atoms with Gasteiger partial charge in [-0.25, -0.2) is 13.1 Å². The van der Waals surface area contributed by atoms with Crippen LogP contribution in [0, 0.1) is 0 Å². The van der Waals surface area contributed by atoms with Crippen molar-refractivity contribution in [2.45, 2.75) is 25.8 Å². The van der Waals surface area contributed by atoms with E-state index in [1.54, 1.807) is 6.07 Å². The average molecular weight is 308 g/mol. The molecule has 114 valence electrons. The van der Waals surface area contributed by atoms with Crippen LogP contribution in [-0.4, -0.2) is 15.0 Å². The van der Waals surface area contributed by atoms with E-state index in [4.69, 9.17) is 4.42 Å². The van der Waals surface area contributed by atoms with E-state index >= 15 is 0 Å². The van der Waals surface area contributed by atoms with Gasteiger partial charge in [0.1, 0.15) is 0 Å². The van der Waals surface area contributed by atoms with Crippen molar-refractivity contribution in [2.75, 3.05) is 6.54 Å². The SMILES string of the molecule is CCNCc1cccc(CS(=O)(=O)NCc2ccoc2)c1.